The highest BCUT2D eigenvalue weighted by Gasteiger charge is 2.31. The Labute approximate surface area is 159 Å². The fraction of sp³-hybridized carbons (Fsp3) is 0.211. The van der Waals surface area contributed by atoms with Crippen LogP contribution in [0.3, 0.4) is 0 Å². The number of amides is 1. The monoisotopic (exact) mass is 389 g/mol. The number of alkyl halides is 3. The summed E-state index contributed by atoms with van der Waals surface area (Å²) in [5.74, 6) is 0.253. The third-order valence-electron chi connectivity index (χ3n) is 4.37. The molecule has 0 radical (unpaired) electrons. The maximum atomic E-state index is 13.2. The SMILES string of the molecule is CCc1ccc(C(F)(F)F)cc1-c1cn(-c2cc(NC)ncn2)cc1C(N)=O. The lowest BCUT2D eigenvalue weighted by Crippen LogP contribution is -2.12. The van der Waals surface area contributed by atoms with Gasteiger partial charge in [0.2, 0.25) is 0 Å². The lowest BCUT2D eigenvalue weighted by Gasteiger charge is -2.13. The normalized spacial score (nSPS) is 11.5. The van der Waals surface area contributed by atoms with Crippen molar-refractivity contribution in [3.63, 3.8) is 0 Å². The fourth-order valence-electron chi connectivity index (χ4n) is 2.93. The van der Waals surface area contributed by atoms with Crippen LogP contribution in [0.15, 0.2) is 43.0 Å². The van der Waals surface area contributed by atoms with E-state index in [0.29, 0.717) is 34.7 Å². The minimum atomic E-state index is -4.50. The topological polar surface area (TPSA) is 85.8 Å². The van der Waals surface area contributed by atoms with Gasteiger partial charge in [-0.3, -0.25) is 4.79 Å². The van der Waals surface area contributed by atoms with E-state index in [4.69, 9.17) is 5.73 Å². The lowest BCUT2D eigenvalue weighted by atomic mass is 9.95. The Kier molecular flexibility index (Phi) is 5.08. The zero-order valence-electron chi connectivity index (χ0n) is 15.2. The van der Waals surface area contributed by atoms with Gasteiger partial charge in [-0.15, -0.1) is 0 Å². The van der Waals surface area contributed by atoms with Gasteiger partial charge in [0.1, 0.15) is 18.0 Å². The van der Waals surface area contributed by atoms with E-state index in [1.165, 1.54) is 23.2 Å². The second-order valence-electron chi connectivity index (χ2n) is 6.09. The van der Waals surface area contributed by atoms with E-state index in [-0.39, 0.29) is 5.56 Å². The molecule has 0 bridgehead atoms. The minimum absolute atomic E-state index is 0.110. The van der Waals surface area contributed by atoms with Gasteiger partial charge in [-0.2, -0.15) is 13.2 Å². The van der Waals surface area contributed by atoms with E-state index in [9.17, 15) is 18.0 Å². The van der Waals surface area contributed by atoms with Crippen LogP contribution in [0.1, 0.15) is 28.4 Å². The number of primary amides is 1. The molecule has 2 heterocycles. The number of halogens is 3. The first kappa shape index (κ1) is 19.4. The van der Waals surface area contributed by atoms with E-state index in [0.717, 1.165) is 12.1 Å². The molecular formula is C19H18F3N5O. The van der Waals surface area contributed by atoms with Crippen LogP contribution in [0.2, 0.25) is 0 Å². The molecule has 2 aromatic heterocycles. The van der Waals surface area contributed by atoms with E-state index in [1.807, 2.05) is 6.92 Å². The van der Waals surface area contributed by atoms with Gasteiger partial charge in [0.25, 0.3) is 5.91 Å². The van der Waals surface area contributed by atoms with Crippen molar-refractivity contribution < 1.29 is 18.0 Å². The third-order valence-corrected chi connectivity index (χ3v) is 4.37. The zero-order valence-corrected chi connectivity index (χ0v) is 15.2. The molecule has 0 atom stereocenters. The van der Waals surface area contributed by atoms with Crippen LogP contribution in [0.5, 0.6) is 0 Å². The molecule has 0 unspecified atom stereocenters. The third kappa shape index (κ3) is 3.68. The Bertz CT molecular complexity index is 1030. The molecule has 1 aromatic carbocycles. The molecule has 146 valence electrons. The van der Waals surface area contributed by atoms with Crippen molar-refractivity contribution in [1.29, 1.82) is 0 Å². The second kappa shape index (κ2) is 7.34. The van der Waals surface area contributed by atoms with Crippen LogP contribution in [0.25, 0.3) is 16.9 Å². The molecule has 3 aromatic rings. The second-order valence-corrected chi connectivity index (χ2v) is 6.09. The summed E-state index contributed by atoms with van der Waals surface area (Å²) in [6.45, 7) is 1.83. The molecule has 0 saturated heterocycles. The number of hydrogen-bond acceptors (Lipinski definition) is 4. The molecule has 0 aliphatic rings. The first-order chi connectivity index (χ1) is 13.2. The average molecular weight is 389 g/mol. The van der Waals surface area contributed by atoms with E-state index >= 15 is 0 Å². The van der Waals surface area contributed by atoms with Gasteiger partial charge in [-0.05, 0) is 29.7 Å². The lowest BCUT2D eigenvalue weighted by molar-refractivity contribution is -0.137. The summed E-state index contributed by atoms with van der Waals surface area (Å²) >= 11 is 0. The Morgan fingerprint density at radius 3 is 2.54 bits per heavy atom. The maximum absolute atomic E-state index is 13.2. The Balaban J connectivity index is 2.21. The number of carbonyl (C=O) groups is 1. The molecule has 6 nitrogen and oxygen atoms in total. The number of carbonyl (C=O) groups excluding carboxylic acids is 1. The molecule has 0 spiro atoms. The largest absolute Gasteiger partial charge is 0.416 e. The number of anilines is 1. The number of hydrogen-bond donors (Lipinski definition) is 2. The highest BCUT2D eigenvalue weighted by Crippen LogP contribution is 2.36. The summed E-state index contributed by atoms with van der Waals surface area (Å²) in [7, 11) is 1.69. The molecule has 28 heavy (non-hydrogen) atoms. The summed E-state index contributed by atoms with van der Waals surface area (Å²) < 4.78 is 41.2. The zero-order chi connectivity index (χ0) is 20.5. The molecule has 0 fully saturated rings. The van der Waals surface area contributed by atoms with Crippen LogP contribution >= 0.6 is 0 Å². The standard InChI is InChI=1S/C19H18F3N5O/c1-3-11-4-5-12(19(20,21)22)6-13(11)14-8-27(9-15(14)18(23)28)17-7-16(24-2)25-10-26-17/h4-10H,3H2,1-2H3,(H2,23,28)(H,24,25,26). The Hall–Kier alpha value is -3.36. The van der Waals surface area contributed by atoms with Gasteiger partial charge in [0, 0.05) is 31.1 Å². The number of nitrogens with two attached hydrogens (primary N) is 1. The summed E-state index contributed by atoms with van der Waals surface area (Å²) in [6.07, 6.45) is 0.348. The number of aryl methyl sites for hydroxylation is 1. The Morgan fingerprint density at radius 2 is 1.93 bits per heavy atom. The molecule has 3 rings (SSSR count). The van der Waals surface area contributed by atoms with Crippen LogP contribution in [-0.4, -0.2) is 27.5 Å². The fourth-order valence-corrected chi connectivity index (χ4v) is 2.93. The molecular weight excluding hydrogens is 371 g/mol. The van der Waals surface area contributed by atoms with Crippen molar-refractivity contribution in [3.05, 3.63) is 59.7 Å². The average Bonchev–Trinajstić information content (AvgIpc) is 3.12. The molecule has 9 heteroatoms. The van der Waals surface area contributed by atoms with Gasteiger partial charge in [-0.25, -0.2) is 9.97 Å². The van der Waals surface area contributed by atoms with E-state index in [1.54, 1.807) is 19.3 Å². The molecule has 3 N–H and O–H groups in total. The number of aromatic nitrogens is 3. The van der Waals surface area contributed by atoms with Crippen molar-refractivity contribution in [3.8, 4) is 16.9 Å². The first-order valence-corrected chi connectivity index (χ1v) is 8.47. The summed E-state index contributed by atoms with van der Waals surface area (Å²) in [5.41, 5.74) is 6.12. The predicted octanol–water partition coefficient (Wildman–Crippen LogP) is 3.66. The van der Waals surface area contributed by atoms with Crippen LogP contribution < -0.4 is 11.1 Å². The van der Waals surface area contributed by atoms with Crippen molar-refractivity contribution in [2.75, 3.05) is 12.4 Å². The summed E-state index contributed by atoms with van der Waals surface area (Å²) in [5, 5.41) is 2.87. The number of nitrogens with one attached hydrogen (secondary N) is 1. The van der Waals surface area contributed by atoms with Gasteiger partial charge in [-0.1, -0.05) is 13.0 Å². The highest BCUT2D eigenvalue weighted by atomic mass is 19.4. The maximum Gasteiger partial charge on any atom is 0.416 e. The van der Waals surface area contributed by atoms with Crippen molar-refractivity contribution >= 4 is 11.7 Å². The Morgan fingerprint density at radius 1 is 1.18 bits per heavy atom. The van der Waals surface area contributed by atoms with Crippen LogP contribution in [-0.2, 0) is 12.6 Å². The predicted molar refractivity (Wildman–Crippen MR) is 99.2 cm³/mol. The number of benzene rings is 1. The van der Waals surface area contributed by atoms with Crippen molar-refractivity contribution in [2.24, 2.45) is 5.73 Å². The number of nitrogens with zero attached hydrogens (tertiary/aromatic N) is 3. The quantitative estimate of drug-likeness (QED) is 0.697. The van der Waals surface area contributed by atoms with Gasteiger partial charge >= 0.3 is 6.18 Å². The number of rotatable bonds is 5. The van der Waals surface area contributed by atoms with Crippen molar-refractivity contribution in [1.82, 2.24) is 14.5 Å². The van der Waals surface area contributed by atoms with Crippen LogP contribution in [0, 0.1) is 0 Å². The summed E-state index contributed by atoms with van der Waals surface area (Å²) in [4.78, 5) is 20.1. The molecule has 0 aliphatic heterocycles. The van der Waals surface area contributed by atoms with Crippen molar-refractivity contribution in [2.45, 2.75) is 19.5 Å². The van der Waals surface area contributed by atoms with Gasteiger partial charge < -0.3 is 15.6 Å². The summed E-state index contributed by atoms with van der Waals surface area (Å²) in [6, 6.07) is 5.14. The van der Waals surface area contributed by atoms with Gasteiger partial charge in [0.15, 0.2) is 0 Å². The molecule has 0 saturated carbocycles. The molecule has 1 amide bonds. The van der Waals surface area contributed by atoms with E-state index < -0.39 is 17.6 Å². The smallest absolute Gasteiger partial charge is 0.373 e. The van der Waals surface area contributed by atoms with Crippen LogP contribution in [0.4, 0.5) is 19.0 Å². The van der Waals surface area contributed by atoms with Gasteiger partial charge in [0.05, 0.1) is 11.1 Å². The minimum Gasteiger partial charge on any atom is -0.373 e. The molecule has 0 aliphatic carbocycles. The highest BCUT2D eigenvalue weighted by molar-refractivity contribution is 6.00. The van der Waals surface area contributed by atoms with E-state index in [2.05, 4.69) is 15.3 Å². The first-order valence-electron chi connectivity index (χ1n) is 8.47.